The first kappa shape index (κ1) is 17.3. The van der Waals surface area contributed by atoms with E-state index in [0.29, 0.717) is 34.0 Å². The summed E-state index contributed by atoms with van der Waals surface area (Å²) in [5.74, 6) is -0.817. The summed E-state index contributed by atoms with van der Waals surface area (Å²) in [6.07, 6.45) is 2.10. The molecule has 8 heteroatoms. The Bertz CT molecular complexity index is 1030. The van der Waals surface area contributed by atoms with Crippen LogP contribution < -0.4 is 5.32 Å². The second-order valence-electron chi connectivity index (χ2n) is 7.03. The van der Waals surface area contributed by atoms with Crippen molar-refractivity contribution in [3.63, 3.8) is 0 Å². The zero-order chi connectivity index (χ0) is 19.1. The highest BCUT2D eigenvalue weighted by atomic mass is 16.5. The van der Waals surface area contributed by atoms with Gasteiger partial charge in [-0.1, -0.05) is 19.0 Å². The predicted octanol–water partition coefficient (Wildman–Crippen LogP) is 3.44. The number of fused-ring (bicyclic) bond motifs is 1. The third-order valence-electron chi connectivity index (χ3n) is 4.58. The maximum atomic E-state index is 12.9. The Morgan fingerprint density at radius 1 is 1.33 bits per heavy atom. The molecule has 140 valence electrons. The van der Waals surface area contributed by atoms with Crippen LogP contribution in [0.2, 0.25) is 0 Å². The topological polar surface area (TPSA) is 118 Å². The first-order valence-corrected chi connectivity index (χ1v) is 8.84. The van der Waals surface area contributed by atoms with Crippen molar-refractivity contribution in [1.82, 2.24) is 15.5 Å². The molecule has 0 aromatic carbocycles. The van der Waals surface area contributed by atoms with E-state index in [9.17, 15) is 9.59 Å². The number of carboxylic acid groups (broad SMARTS) is 1. The molecule has 0 aliphatic heterocycles. The van der Waals surface area contributed by atoms with Crippen molar-refractivity contribution >= 4 is 23.0 Å². The third-order valence-corrected chi connectivity index (χ3v) is 4.58. The molecule has 0 spiro atoms. The van der Waals surface area contributed by atoms with Crippen LogP contribution in [0.25, 0.3) is 11.1 Å². The second kappa shape index (κ2) is 6.53. The number of pyridine rings is 1. The molecular weight excluding hydrogens is 350 g/mol. The van der Waals surface area contributed by atoms with Gasteiger partial charge in [-0.3, -0.25) is 4.79 Å². The Morgan fingerprint density at radius 2 is 2.11 bits per heavy atom. The van der Waals surface area contributed by atoms with E-state index < -0.39 is 5.97 Å². The molecule has 1 aliphatic carbocycles. The molecule has 1 aliphatic rings. The van der Waals surface area contributed by atoms with Crippen molar-refractivity contribution in [1.29, 1.82) is 0 Å². The monoisotopic (exact) mass is 369 g/mol. The molecule has 2 N–H and O–H groups in total. The molecule has 0 unspecified atom stereocenters. The molecular formula is C19H19N3O5. The normalized spacial score (nSPS) is 14.0. The van der Waals surface area contributed by atoms with Crippen molar-refractivity contribution < 1.29 is 23.6 Å². The van der Waals surface area contributed by atoms with E-state index in [1.54, 1.807) is 0 Å². The summed E-state index contributed by atoms with van der Waals surface area (Å²) in [5, 5.41) is 16.4. The molecule has 3 aromatic rings. The maximum Gasteiger partial charge on any atom is 0.371 e. The lowest BCUT2D eigenvalue weighted by molar-refractivity contribution is 0.0660. The minimum absolute atomic E-state index is 0.0783. The van der Waals surface area contributed by atoms with E-state index in [-0.39, 0.29) is 24.1 Å². The Kier molecular flexibility index (Phi) is 4.18. The van der Waals surface area contributed by atoms with E-state index in [0.717, 1.165) is 18.5 Å². The average molecular weight is 369 g/mol. The van der Waals surface area contributed by atoms with E-state index in [2.05, 4.69) is 15.5 Å². The largest absolute Gasteiger partial charge is 0.475 e. The number of aromatic nitrogens is 2. The van der Waals surface area contributed by atoms with Gasteiger partial charge >= 0.3 is 5.97 Å². The summed E-state index contributed by atoms with van der Waals surface area (Å²) >= 11 is 0. The average Bonchev–Trinajstić information content (AvgIpc) is 3.21. The van der Waals surface area contributed by atoms with Crippen LogP contribution in [-0.2, 0) is 6.54 Å². The van der Waals surface area contributed by atoms with Crippen LogP contribution in [0.5, 0.6) is 0 Å². The van der Waals surface area contributed by atoms with Crippen LogP contribution in [0.3, 0.4) is 0 Å². The number of aromatic carboxylic acids is 1. The van der Waals surface area contributed by atoms with Gasteiger partial charge in [-0.15, -0.1) is 0 Å². The van der Waals surface area contributed by atoms with Crippen molar-refractivity contribution in [2.45, 2.75) is 45.1 Å². The van der Waals surface area contributed by atoms with Gasteiger partial charge in [0.15, 0.2) is 0 Å². The summed E-state index contributed by atoms with van der Waals surface area (Å²) in [5.41, 5.74) is 2.37. The highest BCUT2D eigenvalue weighted by Gasteiger charge is 2.29. The van der Waals surface area contributed by atoms with E-state index in [1.165, 1.54) is 12.1 Å². The summed E-state index contributed by atoms with van der Waals surface area (Å²) in [4.78, 5) is 28.3. The lowest BCUT2D eigenvalue weighted by atomic mass is 10.0. The van der Waals surface area contributed by atoms with Crippen LogP contribution in [-0.4, -0.2) is 27.1 Å². The van der Waals surface area contributed by atoms with Gasteiger partial charge in [0.25, 0.3) is 11.6 Å². The van der Waals surface area contributed by atoms with Crippen molar-refractivity contribution in [2.24, 2.45) is 0 Å². The fourth-order valence-electron chi connectivity index (χ4n) is 3.00. The van der Waals surface area contributed by atoms with Gasteiger partial charge < -0.3 is 19.4 Å². The smallest absolute Gasteiger partial charge is 0.371 e. The number of nitrogens with zero attached hydrogens (tertiary/aromatic N) is 2. The fraction of sp³-hybridized carbons (Fsp3) is 0.368. The van der Waals surface area contributed by atoms with Gasteiger partial charge in [-0.2, -0.15) is 0 Å². The minimum Gasteiger partial charge on any atom is -0.475 e. The van der Waals surface area contributed by atoms with Crippen LogP contribution in [0.15, 0.2) is 27.1 Å². The SMILES string of the molecule is CC(C)c1noc2nc(C3CC3)cc(C(=O)NCc3ccc(C(=O)O)o3)c12. The number of nitrogens with one attached hydrogen (secondary N) is 1. The van der Waals surface area contributed by atoms with E-state index in [4.69, 9.17) is 14.0 Å². The molecule has 0 saturated heterocycles. The van der Waals surface area contributed by atoms with Gasteiger partial charge in [0, 0.05) is 11.6 Å². The standard InChI is InChI=1S/C19H19N3O5/c1-9(2)16-15-12(7-13(10-3-4-10)21-18(15)27-22-16)17(23)20-8-11-5-6-14(26-11)19(24)25/h5-7,9-10H,3-4,8H2,1-2H3,(H,20,23)(H,24,25). The van der Waals surface area contributed by atoms with Crippen LogP contribution >= 0.6 is 0 Å². The molecule has 0 bridgehead atoms. The van der Waals surface area contributed by atoms with Gasteiger partial charge in [0.2, 0.25) is 5.76 Å². The molecule has 1 saturated carbocycles. The molecule has 3 heterocycles. The summed E-state index contributed by atoms with van der Waals surface area (Å²) in [6, 6.07) is 4.69. The molecule has 1 fully saturated rings. The fourth-order valence-corrected chi connectivity index (χ4v) is 3.00. The quantitative estimate of drug-likeness (QED) is 0.683. The number of furan rings is 1. The number of hydrogen-bond acceptors (Lipinski definition) is 6. The number of amides is 1. The lowest BCUT2D eigenvalue weighted by Gasteiger charge is -2.08. The number of carbonyl (C=O) groups is 2. The van der Waals surface area contributed by atoms with Crippen LogP contribution in [0.1, 0.15) is 76.6 Å². The van der Waals surface area contributed by atoms with Gasteiger partial charge in [-0.25, -0.2) is 9.78 Å². The van der Waals surface area contributed by atoms with Crippen molar-refractivity contribution in [3.05, 3.63) is 46.7 Å². The molecule has 1 amide bonds. The summed E-state index contributed by atoms with van der Waals surface area (Å²) < 4.78 is 10.6. The molecule has 0 radical (unpaired) electrons. The highest BCUT2D eigenvalue weighted by Crippen LogP contribution is 2.41. The second-order valence-corrected chi connectivity index (χ2v) is 7.03. The van der Waals surface area contributed by atoms with Crippen LogP contribution in [0, 0.1) is 0 Å². The van der Waals surface area contributed by atoms with Gasteiger partial charge in [-0.05, 0) is 37.0 Å². The minimum atomic E-state index is -1.15. The Hall–Kier alpha value is -3.16. The Morgan fingerprint density at radius 3 is 2.74 bits per heavy atom. The number of rotatable bonds is 6. The van der Waals surface area contributed by atoms with Gasteiger partial charge in [0.1, 0.15) is 5.76 Å². The van der Waals surface area contributed by atoms with E-state index in [1.807, 2.05) is 19.9 Å². The van der Waals surface area contributed by atoms with Crippen LogP contribution in [0.4, 0.5) is 0 Å². The zero-order valence-corrected chi connectivity index (χ0v) is 15.0. The molecule has 3 aromatic heterocycles. The lowest BCUT2D eigenvalue weighted by Crippen LogP contribution is -2.23. The number of carboxylic acids is 1. The maximum absolute atomic E-state index is 12.9. The number of hydrogen-bond donors (Lipinski definition) is 2. The number of carbonyl (C=O) groups excluding carboxylic acids is 1. The summed E-state index contributed by atoms with van der Waals surface area (Å²) in [7, 11) is 0. The van der Waals surface area contributed by atoms with Crippen molar-refractivity contribution in [2.75, 3.05) is 0 Å². The first-order chi connectivity index (χ1) is 12.9. The predicted molar refractivity (Wildman–Crippen MR) is 94.7 cm³/mol. The molecule has 4 rings (SSSR count). The molecule has 27 heavy (non-hydrogen) atoms. The van der Waals surface area contributed by atoms with E-state index >= 15 is 0 Å². The van der Waals surface area contributed by atoms with Crippen molar-refractivity contribution in [3.8, 4) is 0 Å². The Labute approximate surface area is 154 Å². The highest BCUT2D eigenvalue weighted by molar-refractivity contribution is 6.06. The zero-order valence-electron chi connectivity index (χ0n) is 15.0. The van der Waals surface area contributed by atoms with Gasteiger partial charge in [0.05, 0.1) is 23.2 Å². The summed E-state index contributed by atoms with van der Waals surface area (Å²) in [6.45, 7) is 4.03. The first-order valence-electron chi connectivity index (χ1n) is 8.84. The molecule has 0 atom stereocenters. The third kappa shape index (κ3) is 3.30. The molecule has 8 nitrogen and oxygen atoms in total. The Balaban J connectivity index is 1.64.